The van der Waals surface area contributed by atoms with Gasteiger partial charge in [-0.3, -0.25) is 9.48 Å². The van der Waals surface area contributed by atoms with Crippen LogP contribution in [0.5, 0.6) is 0 Å². The van der Waals surface area contributed by atoms with E-state index >= 15 is 0 Å². The molecule has 2 heterocycles. The molecule has 22 heavy (non-hydrogen) atoms. The van der Waals surface area contributed by atoms with Crippen LogP contribution in [0.3, 0.4) is 0 Å². The average molecular weight is 302 g/mol. The Labute approximate surface area is 128 Å². The molecule has 1 aliphatic rings. The zero-order chi connectivity index (χ0) is 15.5. The third-order valence-electron chi connectivity index (χ3n) is 3.88. The first-order valence-corrected chi connectivity index (χ1v) is 7.42. The summed E-state index contributed by atoms with van der Waals surface area (Å²) < 4.78 is 16.1. The SMILES string of the molecule is Cn1cc(CCC(=O)Nc2ccc3c(c2F)CCNC3)cn1. The summed E-state index contributed by atoms with van der Waals surface area (Å²) in [6.07, 6.45) is 5.17. The number of aryl methyl sites for hydroxylation is 2. The predicted molar refractivity (Wildman–Crippen MR) is 82.0 cm³/mol. The maximum atomic E-state index is 14.4. The highest BCUT2D eigenvalue weighted by atomic mass is 19.1. The smallest absolute Gasteiger partial charge is 0.224 e. The second-order valence-corrected chi connectivity index (χ2v) is 5.56. The number of aromatic nitrogens is 2. The van der Waals surface area contributed by atoms with Crippen LogP contribution in [0.2, 0.25) is 0 Å². The van der Waals surface area contributed by atoms with Gasteiger partial charge in [0, 0.05) is 26.2 Å². The van der Waals surface area contributed by atoms with Gasteiger partial charge < -0.3 is 10.6 Å². The quantitative estimate of drug-likeness (QED) is 0.905. The monoisotopic (exact) mass is 302 g/mol. The highest BCUT2D eigenvalue weighted by molar-refractivity contribution is 5.91. The summed E-state index contributed by atoms with van der Waals surface area (Å²) >= 11 is 0. The summed E-state index contributed by atoms with van der Waals surface area (Å²) in [5.74, 6) is -0.481. The first-order valence-electron chi connectivity index (χ1n) is 7.42. The normalized spacial score (nSPS) is 13.7. The molecular formula is C16H19FN4O. The van der Waals surface area contributed by atoms with Gasteiger partial charge in [-0.15, -0.1) is 0 Å². The number of nitrogens with one attached hydrogen (secondary N) is 2. The van der Waals surface area contributed by atoms with Gasteiger partial charge in [-0.05, 0) is 42.1 Å². The Balaban J connectivity index is 1.64. The number of benzene rings is 1. The van der Waals surface area contributed by atoms with Crippen LogP contribution in [0.4, 0.5) is 10.1 Å². The summed E-state index contributed by atoms with van der Waals surface area (Å²) in [6.45, 7) is 1.45. The van der Waals surface area contributed by atoms with Gasteiger partial charge in [-0.1, -0.05) is 6.07 Å². The number of anilines is 1. The lowest BCUT2D eigenvalue weighted by Crippen LogP contribution is -2.25. The Morgan fingerprint density at radius 1 is 1.50 bits per heavy atom. The van der Waals surface area contributed by atoms with Gasteiger partial charge >= 0.3 is 0 Å². The molecule has 0 atom stereocenters. The van der Waals surface area contributed by atoms with Crippen LogP contribution in [0.1, 0.15) is 23.1 Å². The molecule has 116 valence electrons. The molecule has 1 aliphatic heterocycles. The minimum atomic E-state index is -0.297. The number of hydrogen-bond acceptors (Lipinski definition) is 3. The lowest BCUT2D eigenvalue weighted by molar-refractivity contribution is -0.116. The summed E-state index contributed by atoms with van der Waals surface area (Å²) in [5.41, 5.74) is 2.95. The molecule has 1 amide bonds. The summed E-state index contributed by atoms with van der Waals surface area (Å²) in [7, 11) is 1.83. The highest BCUT2D eigenvalue weighted by Crippen LogP contribution is 2.24. The molecule has 6 heteroatoms. The first kappa shape index (κ1) is 14.7. The molecule has 1 aromatic carbocycles. The van der Waals surface area contributed by atoms with Crippen LogP contribution < -0.4 is 10.6 Å². The molecule has 2 N–H and O–H groups in total. The minimum Gasteiger partial charge on any atom is -0.324 e. The number of nitrogens with zero attached hydrogens (tertiary/aromatic N) is 2. The largest absolute Gasteiger partial charge is 0.324 e. The van der Waals surface area contributed by atoms with Crippen molar-refractivity contribution >= 4 is 11.6 Å². The molecular weight excluding hydrogens is 283 g/mol. The summed E-state index contributed by atoms with van der Waals surface area (Å²) in [5, 5.41) is 9.94. The molecule has 3 rings (SSSR count). The minimum absolute atomic E-state index is 0.184. The van der Waals surface area contributed by atoms with E-state index in [4.69, 9.17) is 0 Å². The van der Waals surface area contributed by atoms with Gasteiger partial charge in [0.05, 0.1) is 11.9 Å². The van der Waals surface area contributed by atoms with Crippen molar-refractivity contribution in [2.45, 2.75) is 25.8 Å². The third kappa shape index (κ3) is 3.17. The van der Waals surface area contributed by atoms with Gasteiger partial charge in [-0.25, -0.2) is 4.39 Å². The lowest BCUT2D eigenvalue weighted by atomic mass is 9.99. The summed E-state index contributed by atoms with van der Waals surface area (Å²) in [6, 6.07) is 3.52. The number of carbonyl (C=O) groups excluding carboxylic acids is 1. The Morgan fingerprint density at radius 2 is 2.36 bits per heavy atom. The molecule has 0 radical (unpaired) electrons. The maximum absolute atomic E-state index is 14.4. The number of carbonyl (C=O) groups is 1. The molecule has 0 saturated carbocycles. The zero-order valence-electron chi connectivity index (χ0n) is 12.5. The van der Waals surface area contributed by atoms with Crippen molar-refractivity contribution in [2.75, 3.05) is 11.9 Å². The van der Waals surface area contributed by atoms with Crippen LogP contribution >= 0.6 is 0 Å². The van der Waals surface area contributed by atoms with Gasteiger partial charge in [0.2, 0.25) is 5.91 Å². The number of amides is 1. The van der Waals surface area contributed by atoms with E-state index in [1.807, 2.05) is 19.3 Å². The number of hydrogen-bond donors (Lipinski definition) is 2. The molecule has 0 aliphatic carbocycles. The molecule has 5 nitrogen and oxygen atoms in total. The standard InChI is InChI=1S/C16H19FN4O/c1-21-10-11(8-19-21)2-5-15(22)20-14-4-3-12-9-18-7-6-13(12)16(14)17/h3-4,8,10,18H,2,5-7,9H2,1H3,(H,20,22). The van der Waals surface area contributed by atoms with Crippen molar-refractivity contribution in [1.29, 1.82) is 0 Å². The van der Waals surface area contributed by atoms with Gasteiger partial charge in [0.25, 0.3) is 0 Å². The molecule has 0 unspecified atom stereocenters. The van der Waals surface area contributed by atoms with Crippen LogP contribution in [-0.4, -0.2) is 22.2 Å². The van der Waals surface area contributed by atoms with E-state index in [0.29, 0.717) is 31.4 Å². The lowest BCUT2D eigenvalue weighted by Gasteiger charge is -2.19. The fraction of sp³-hybridized carbons (Fsp3) is 0.375. The molecule has 0 saturated heterocycles. The van der Waals surface area contributed by atoms with Crippen LogP contribution in [0, 0.1) is 5.82 Å². The number of rotatable bonds is 4. The van der Waals surface area contributed by atoms with Crippen molar-refractivity contribution in [3.8, 4) is 0 Å². The van der Waals surface area contributed by atoms with Crippen molar-refractivity contribution < 1.29 is 9.18 Å². The van der Waals surface area contributed by atoms with Gasteiger partial charge in [0.1, 0.15) is 5.82 Å². The van der Waals surface area contributed by atoms with Crippen molar-refractivity contribution in [3.63, 3.8) is 0 Å². The van der Waals surface area contributed by atoms with Crippen LogP contribution in [0.15, 0.2) is 24.5 Å². The Morgan fingerprint density at radius 3 is 3.14 bits per heavy atom. The van der Waals surface area contributed by atoms with E-state index in [9.17, 15) is 9.18 Å². The van der Waals surface area contributed by atoms with Gasteiger partial charge in [0.15, 0.2) is 0 Å². The number of fused-ring (bicyclic) bond motifs is 1. The second kappa shape index (κ2) is 6.27. The van der Waals surface area contributed by atoms with E-state index < -0.39 is 0 Å². The maximum Gasteiger partial charge on any atom is 0.224 e. The van der Waals surface area contributed by atoms with E-state index in [2.05, 4.69) is 15.7 Å². The molecule has 0 spiro atoms. The topological polar surface area (TPSA) is 59.0 Å². The predicted octanol–water partition coefficient (Wildman–Crippen LogP) is 1.78. The third-order valence-corrected chi connectivity index (χ3v) is 3.88. The zero-order valence-corrected chi connectivity index (χ0v) is 12.5. The average Bonchev–Trinajstić information content (AvgIpc) is 2.94. The fourth-order valence-corrected chi connectivity index (χ4v) is 2.70. The van der Waals surface area contributed by atoms with E-state index in [1.165, 1.54) is 0 Å². The highest BCUT2D eigenvalue weighted by Gasteiger charge is 2.17. The number of halogens is 1. The van der Waals surface area contributed by atoms with Crippen LogP contribution in [0.25, 0.3) is 0 Å². The first-order chi connectivity index (χ1) is 10.6. The van der Waals surface area contributed by atoms with Crippen molar-refractivity contribution in [2.24, 2.45) is 7.05 Å². The summed E-state index contributed by atoms with van der Waals surface area (Å²) in [4.78, 5) is 12.0. The Bertz CT molecular complexity index is 695. The molecule has 1 aromatic heterocycles. The molecule has 2 aromatic rings. The second-order valence-electron chi connectivity index (χ2n) is 5.56. The van der Waals surface area contributed by atoms with E-state index in [0.717, 1.165) is 17.7 Å². The van der Waals surface area contributed by atoms with Crippen molar-refractivity contribution in [1.82, 2.24) is 15.1 Å². The molecule has 0 fully saturated rings. The van der Waals surface area contributed by atoms with E-state index in [-0.39, 0.29) is 17.4 Å². The molecule has 0 bridgehead atoms. The van der Waals surface area contributed by atoms with E-state index in [1.54, 1.807) is 16.9 Å². The Kier molecular flexibility index (Phi) is 4.20. The van der Waals surface area contributed by atoms with Crippen LogP contribution in [-0.2, 0) is 31.2 Å². The van der Waals surface area contributed by atoms with Crippen molar-refractivity contribution in [3.05, 3.63) is 47.0 Å². The Hall–Kier alpha value is -2.21. The van der Waals surface area contributed by atoms with Gasteiger partial charge in [-0.2, -0.15) is 5.10 Å². The fourth-order valence-electron chi connectivity index (χ4n) is 2.70.